The van der Waals surface area contributed by atoms with Crippen molar-refractivity contribution in [2.24, 2.45) is 0 Å². The summed E-state index contributed by atoms with van der Waals surface area (Å²) in [5, 5.41) is 7.27. The highest BCUT2D eigenvalue weighted by atomic mass is 32.1. The predicted octanol–water partition coefficient (Wildman–Crippen LogP) is 13.9. The second-order valence-corrected chi connectivity index (χ2v) is 13.6. The van der Waals surface area contributed by atoms with Crippen LogP contribution in [0.1, 0.15) is 0 Å². The van der Waals surface area contributed by atoms with Gasteiger partial charge in [-0.25, -0.2) is 0 Å². The maximum absolute atomic E-state index is 6.48. The number of anilines is 3. The van der Waals surface area contributed by atoms with Crippen LogP contribution in [-0.2, 0) is 0 Å². The number of hydrogen-bond acceptors (Lipinski definition) is 3. The van der Waals surface area contributed by atoms with Crippen molar-refractivity contribution in [1.29, 1.82) is 0 Å². The third-order valence-electron chi connectivity index (χ3n) is 9.67. The Morgan fingerprint density at radius 1 is 0.408 bits per heavy atom. The monoisotopic (exact) mass is 643 g/mol. The maximum Gasteiger partial charge on any atom is 0.143 e. The minimum atomic E-state index is 0.908. The molecule has 49 heavy (non-hydrogen) atoms. The van der Waals surface area contributed by atoms with Crippen molar-refractivity contribution in [2.75, 3.05) is 4.90 Å². The van der Waals surface area contributed by atoms with Crippen LogP contribution in [0.4, 0.5) is 17.1 Å². The Hall–Kier alpha value is -6.16. The summed E-state index contributed by atoms with van der Waals surface area (Å²) in [5.74, 6) is 0. The molecule has 8 aromatic carbocycles. The summed E-state index contributed by atoms with van der Waals surface area (Å²) in [6, 6.07) is 63.1. The molecule has 2 nitrogen and oxygen atoms in total. The number of hydrogen-bond donors (Lipinski definition) is 0. The number of rotatable bonds is 5. The molecular weight excluding hydrogens is 615 g/mol. The van der Waals surface area contributed by atoms with Gasteiger partial charge in [-0.1, -0.05) is 109 Å². The number of para-hydroxylation sites is 1. The van der Waals surface area contributed by atoms with Crippen LogP contribution in [0.15, 0.2) is 180 Å². The van der Waals surface area contributed by atoms with Crippen LogP contribution in [-0.4, -0.2) is 0 Å². The van der Waals surface area contributed by atoms with Crippen LogP contribution < -0.4 is 4.90 Å². The largest absolute Gasteiger partial charge is 0.455 e. The molecule has 230 valence electrons. The van der Waals surface area contributed by atoms with Crippen molar-refractivity contribution in [3.8, 4) is 22.3 Å². The van der Waals surface area contributed by atoms with E-state index >= 15 is 0 Å². The zero-order chi connectivity index (χ0) is 32.3. The summed E-state index contributed by atoms with van der Waals surface area (Å²) in [4.78, 5) is 2.32. The van der Waals surface area contributed by atoms with E-state index in [9.17, 15) is 0 Å². The number of fused-ring (bicyclic) bond motifs is 8. The van der Waals surface area contributed by atoms with Gasteiger partial charge in [0, 0.05) is 53.4 Å². The third kappa shape index (κ3) is 4.62. The molecule has 10 rings (SSSR count). The van der Waals surface area contributed by atoms with E-state index in [-0.39, 0.29) is 0 Å². The summed E-state index contributed by atoms with van der Waals surface area (Å²) in [6.07, 6.45) is 0. The van der Waals surface area contributed by atoms with Gasteiger partial charge >= 0.3 is 0 Å². The van der Waals surface area contributed by atoms with E-state index in [1.807, 2.05) is 11.3 Å². The van der Waals surface area contributed by atoms with Crippen LogP contribution >= 0.6 is 11.3 Å². The Balaban J connectivity index is 1.03. The number of thiophene rings is 1. The summed E-state index contributed by atoms with van der Waals surface area (Å²) in [7, 11) is 0. The third-order valence-corrected chi connectivity index (χ3v) is 10.8. The Bertz CT molecular complexity index is 2810. The molecule has 0 N–H and O–H groups in total. The lowest BCUT2D eigenvalue weighted by molar-refractivity contribution is 0.673. The molecule has 0 aliphatic carbocycles. The molecule has 0 spiro atoms. The molecule has 0 atom stereocenters. The number of furan rings is 1. The van der Waals surface area contributed by atoms with E-state index in [2.05, 4.69) is 181 Å². The Labute approximate surface area is 287 Å². The van der Waals surface area contributed by atoms with Crippen LogP contribution in [0, 0.1) is 0 Å². The van der Waals surface area contributed by atoms with Crippen molar-refractivity contribution in [2.45, 2.75) is 0 Å². The van der Waals surface area contributed by atoms with Crippen LogP contribution in [0.2, 0.25) is 0 Å². The quantitative estimate of drug-likeness (QED) is 0.186. The van der Waals surface area contributed by atoms with Gasteiger partial charge in [-0.05, 0) is 94.4 Å². The summed E-state index contributed by atoms with van der Waals surface area (Å²) in [6.45, 7) is 0. The zero-order valence-corrected chi connectivity index (χ0v) is 27.3. The minimum Gasteiger partial charge on any atom is -0.455 e. The molecule has 10 aromatic rings. The van der Waals surface area contributed by atoms with Crippen LogP contribution in [0.3, 0.4) is 0 Å². The van der Waals surface area contributed by atoms with Crippen molar-refractivity contribution in [1.82, 2.24) is 0 Å². The van der Waals surface area contributed by atoms with Gasteiger partial charge in [0.15, 0.2) is 0 Å². The van der Waals surface area contributed by atoms with Crippen LogP contribution in [0.25, 0.3) is 75.1 Å². The molecule has 0 radical (unpaired) electrons. The first-order valence-corrected chi connectivity index (χ1v) is 17.4. The molecule has 0 saturated carbocycles. The van der Waals surface area contributed by atoms with Gasteiger partial charge < -0.3 is 9.32 Å². The average Bonchev–Trinajstić information content (AvgIpc) is 3.75. The molecule has 2 heterocycles. The molecule has 2 aromatic heterocycles. The number of nitrogens with zero attached hydrogens (tertiary/aromatic N) is 1. The van der Waals surface area contributed by atoms with Crippen molar-refractivity contribution in [3.63, 3.8) is 0 Å². The van der Waals surface area contributed by atoms with E-state index < -0.39 is 0 Å². The highest BCUT2D eigenvalue weighted by Crippen LogP contribution is 2.42. The lowest BCUT2D eigenvalue weighted by atomic mass is 9.98. The first-order chi connectivity index (χ1) is 24.3. The molecule has 0 fully saturated rings. The Morgan fingerprint density at radius 3 is 1.88 bits per heavy atom. The normalized spacial score (nSPS) is 11.7. The van der Waals surface area contributed by atoms with E-state index in [1.54, 1.807) is 0 Å². The van der Waals surface area contributed by atoms with E-state index in [0.29, 0.717) is 0 Å². The predicted molar refractivity (Wildman–Crippen MR) is 210 cm³/mol. The molecule has 0 aliphatic rings. The van der Waals surface area contributed by atoms with Gasteiger partial charge in [-0.15, -0.1) is 11.3 Å². The van der Waals surface area contributed by atoms with Gasteiger partial charge in [0.2, 0.25) is 0 Å². The second kappa shape index (κ2) is 11.2. The van der Waals surface area contributed by atoms with Gasteiger partial charge in [-0.2, -0.15) is 0 Å². The van der Waals surface area contributed by atoms with E-state index in [0.717, 1.165) is 50.0 Å². The Kier molecular flexibility index (Phi) is 6.39. The van der Waals surface area contributed by atoms with Crippen molar-refractivity contribution in [3.05, 3.63) is 176 Å². The average molecular weight is 644 g/mol. The highest BCUT2D eigenvalue weighted by Gasteiger charge is 2.17. The molecule has 3 heteroatoms. The standard InChI is InChI=1S/C46H29NOS/c1-2-10-34(11-3-1)47(35-23-17-30(18-24-35)33-22-28-44-41(29-33)39-13-6-7-16-43(39)49-44)36-25-19-32(20-26-36)37-14-8-15-42-45(37)40-27-21-31-9-4-5-12-38(31)46(40)48-42/h1-29H. The number of benzene rings is 8. The fourth-order valence-electron chi connectivity index (χ4n) is 7.32. The minimum absolute atomic E-state index is 0.908. The Morgan fingerprint density at radius 2 is 1.06 bits per heavy atom. The summed E-state index contributed by atoms with van der Waals surface area (Å²) < 4.78 is 9.13. The summed E-state index contributed by atoms with van der Waals surface area (Å²) in [5.41, 5.74) is 9.94. The molecule has 0 aliphatic heterocycles. The second-order valence-electron chi connectivity index (χ2n) is 12.5. The fraction of sp³-hybridized carbons (Fsp3) is 0. The van der Waals surface area contributed by atoms with Gasteiger partial charge in [0.05, 0.1) is 0 Å². The lowest BCUT2D eigenvalue weighted by Gasteiger charge is -2.26. The van der Waals surface area contributed by atoms with Gasteiger partial charge in [0.1, 0.15) is 11.2 Å². The first-order valence-electron chi connectivity index (χ1n) is 16.6. The molecule has 0 bridgehead atoms. The molecule has 0 saturated heterocycles. The van der Waals surface area contributed by atoms with Crippen LogP contribution in [0.5, 0.6) is 0 Å². The van der Waals surface area contributed by atoms with E-state index in [1.165, 1.54) is 42.2 Å². The first kappa shape index (κ1) is 27.9. The molecule has 0 unspecified atom stereocenters. The maximum atomic E-state index is 6.48. The highest BCUT2D eigenvalue weighted by molar-refractivity contribution is 7.25. The molecular formula is C46H29NOS. The lowest BCUT2D eigenvalue weighted by Crippen LogP contribution is -2.09. The van der Waals surface area contributed by atoms with Crippen molar-refractivity contribution < 1.29 is 4.42 Å². The fourth-order valence-corrected chi connectivity index (χ4v) is 8.40. The van der Waals surface area contributed by atoms with Crippen molar-refractivity contribution >= 4 is 81.3 Å². The van der Waals surface area contributed by atoms with Gasteiger partial charge in [0.25, 0.3) is 0 Å². The summed E-state index contributed by atoms with van der Waals surface area (Å²) >= 11 is 1.86. The smallest absolute Gasteiger partial charge is 0.143 e. The SMILES string of the molecule is c1ccc(N(c2ccc(-c3ccc4sc5ccccc5c4c3)cc2)c2ccc(-c3cccc4oc5c6ccccc6ccc5c34)cc2)cc1. The molecule has 0 amide bonds. The van der Waals surface area contributed by atoms with Gasteiger partial charge in [-0.3, -0.25) is 0 Å². The topological polar surface area (TPSA) is 16.4 Å². The van der Waals surface area contributed by atoms with E-state index in [4.69, 9.17) is 4.42 Å². The zero-order valence-electron chi connectivity index (χ0n) is 26.5.